The molecule has 1 unspecified atom stereocenters. The SMILES string of the molecule is CC1CCc2cc(F)c([N+](=O)[O-])cc2N(CC#N)C1=O. The van der Waals surface area contributed by atoms with Crippen molar-refractivity contribution in [3.8, 4) is 6.07 Å². The predicted octanol–water partition coefficient (Wildman–Crippen LogP) is 2.17. The van der Waals surface area contributed by atoms with Gasteiger partial charge in [0.25, 0.3) is 0 Å². The quantitative estimate of drug-likeness (QED) is 0.471. The number of carbonyl (C=O) groups is 1. The molecule has 0 spiro atoms. The van der Waals surface area contributed by atoms with Crippen LogP contribution >= 0.6 is 0 Å². The standard InChI is InChI=1S/C13H12FN3O3/c1-8-2-3-9-6-10(14)12(17(19)20)7-11(9)16(5-4-15)13(8)18/h6-8H,2-3,5H2,1H3. The molecule has 1 aliphatic rings. The first kappa shape index (κ1) is 13.9. The van der Waals surface area contributed by atoms with Crippen molar-refractivity contribution in [1.29, 1.82) is 5.26 Å². The normalized spacial score (nSPS) is 18.1. The summed E-state index contributed by atoms with van der Waals surface area (Å²) in [4.78, 5) is 23.3. The Morgan fingerprint density at radius 2 is 2.30 bits per heavy atom. The van der Waals surface area contributed by atoms with Gasteiger partial charge >= 0.3 is 5.69 Å². The van der Waals surface area contributed by atoms with E-state index in [2.05, 4.69) is 0 Å². The number of fused-ring (bicyclic) bond motifs is 1. The summed E-state index contributed by atoms with van der Waals surface area (Å²) < 4.78 is 13.7. The third kappa shape index (κ3) is 2.32. The molecule has 104 valence electrons. The average molecular weight is 277 g/mol. The lowest BCUT2D eigenvalue weighted by atomic mass is 10.0. The van der Waals surface area contributed by atoms with Crippen LogP contribution < -0.4 is 4.90 Å². The molecule has 1 aliphatic heterocycles. The maximum atomic E-state index is 13.7. The second-order valence-corrected chi connectivity index (χ2v) is 4.71. The summed E-state index contributed by atoms with van der Waals surface area (Å²) in [6.45, 7) is 1.52. The fourth-order valence-corrected chi connectivity index (χ4v) is 2.30. The van der Waals surface area contributed by atoms with Crippen LogP contribution in [0, 0.1) is 33.2 Å². The van der Waals surface area contributed by atoms with Crippen LogP contribution in [-0.2, 0) is 11.2 Å². The molecule has 0 bridgehead atoms. The van der Waals surface area contributed by atoms with Gasteiger partial charge in [-0.3, -0.25) is 19.8 Å². The van der Waals surface area contributed by atoms with Crippen LogP contribution in [0.2, 0.25) is 0 Å². The molecule has 20 heavy (non-hydrogen) atoms. The zero-order valence-electron chi connectivity index (χ0n) is 10.8. The van der Waals surface area contributed by atoms with Crippen molar-refractivity contribution in [3.05, 3.63) is 33.6 Å². The number of amides is 1. The third-order valence-electron chi connectivity index (χ3n) is 3.40. The van der Waals surface area contributed by atoms with Crippen LogP contribution in [-0.4, -0.2) is 17.4 Å². The number of halogens is 1. The molecule has 1 amide bonds. The molecule has 1 aromatic rings. The van der Waals surface area contributed by atoms with Crippen LogP contribution in [0.15, 0.2) is 12.1 Å². The molecule has 1 heterocycles. The van der Waals surface area contributed by atoms with E-state index in [1.807, 2.05) is 6.07 Å². The minimum absolute atomic E-state index is 0.209. The van der Waals surface area contributed by atoms with Gasteiger partial charge in [0.1, 0.15) is 6.54 Å². The lowest BCUT2D eigenvalue weighted by Crippen LogP contribution is -2.34. The number of carbonyl (C=O) groups excluding carboxylic acids is 1. The first-order valence-corrected chi connectivity index (χ1v) is 6.10. The van der Waals surface area contributed by atoms with E-state index in [0.29, 0.717) is 18.4 Å². The van der Waals surface area contributed by atoms with Gasteiger partial charge < -0.3 is 0 Å². The summed E-state index contributed by atoms with van der Waals surface area (Å²) in [7, 11) is 0. The molecule has 1 aromatic carbocycles. The highest BCUT2D eigenvalue weighted by Crippen LogP contribution is 2.34. The van der Waals surface area contributed by atoms with E-state index in [1.54, 1.807) is 6.92 Å². The Bertz CT molecular complexity index is 624. The van der Waals surface area contributed by atoms with Crippen molar-refractivity contribution in [2.75, 3.05) is 11.4 Å². The van der Waals surface area contributed by atoms with Crippen LogP contribution in [0.4, 0.5) is 15.8 Å². The largest absolute Gasteiger partial charge is 0.306 e. The maximum Gasteiger partial charge on any atom is 0.306 e. The topological polar surface area (TPSA) is 87.2 Å². The van der Waals surface area contributed by atoms with Crippen molar-refractivity contribution in [2.24, 2.45) is 5.92 Å². The van der Waals surface area contributed by atoms with Crippen molar-refractivity contribution < 1.29 is 14.1 Å². The van der Waals surface area contributed by atoms with Gasteiger partial charge in [-0.15, -0.1) is 0 Å². The smallest absolute Gasteiger partial charge is 0.298 e. The molecule has 0 fully saturated rings. The van der Waals surface area contributed by atoms with Gasteiger partial charge in [0, 0.05) is 12.0 Å². The summed E-state index contributed by atoms with van der Waals surface area (Å²) in [5.41, 5.74) is 0.0871. The van der Waals surface area contributed by atoms with E-state index in [9.17, 15) is 19.3 Å². The zero-order chi connectivity index (χ0) is 14.9. The van der Waals surface area contributed by atoms with E-state index in [0.717, 1.165) is 12.1 Å². The number of aryl methyl sites for hydroxylation is 1. The molecule has 0 saturated carbocycles. The molecule has 0 aliphatic carbocycles. The van der Waals surface area contributed by atoms with Crippen LogP contribution in [0.1, 0.15) is 18.9 Å². The van der Waals surface area contributed by atoms with Crippen molar-refractivity contribution >= 4 is 17.3 Å². The summed E-state index contributed by atoms with van der Waals surface area (Å²) >= 11 is 0. The lowest BCUT2D eigenvalue weighted by Gasteiger charge is -2.21. The molecule has 0 saturated heterocycles. The second kappa shape index (κ2) is 5.25. The number of anilines is 1. The Kier molecular flexibility index (Phi) is 3.66. The third-order valence-corrected chi connectivity index (χ3v) is 3.40. The van der Waals surface area contributed by atoms with Gasteiger partial charge in [-0.25, -0.2) is 0 Å². The fraction of sp³-hybridized carbons (Fsp3) is 0.385. The van der Waals surface area contributed by atoms with Gasteiger partial charge in [-0.1, -0.05) is 6.92 Å². The van der Waals surface area contributed by atoms with Crippen LogP contribution in [0.5, 0.6) is 0 Å². The number of nitriles is 1. The molecule has 0 aromatic heterocycles. The monoisotopic (exact) mass is 277 g/mol. The number of hydrogen-bond acceptors (Lipinski definition) is 4. The number of nitro benzene ring substituents is 1. The highest BCUT2D eigenvalue weighted by Gasteiger charge is 2.30. The molecule has 7 heteroatoms. The van der Waals surface area contributed by atoms with Gasteiger partial charge in [0.15, 0.2) is 0 Å². The molecular weight excluding hydrogens is 265 g/mol. The molecule has 1 atom stereocenters. The molecule has 0 N–H and O–H groups in total. The van der Waals surface area contributed by atoms with Gasteiger partial charge in [-0.2, -0.15) is 9.65 Å². The van der Waals surface area contributed by atoms with Gasteiger partial charge in [-0.05, 0) is 24.5 Å². The minimum atomic E-state index is -0.923. The number of nitrogens with zero attached hydrogens (tertiary/aromatic N) is 3. The minimum Gasteiger partial charge on any atom is -0.298 e. The Morgan fingerprint density at radius 1 is 1.60 bits per heavy atom. The lowest BCUT2D eigenvalue weighted by molar-refractivity contribution is -0.387. The number of hydrogen-bond donors (Lipinski definition) is 0. The predicted molar refractivity (Wildman–Crippen MR) is 68.5 cm³/mol. The van der Waals surface area contributed by atoms with E-state index >= 15 is 0 Å². The van der Waals surface area contributed by atoms with E-state index in [-0.39, 0.29) is 24.1 Å². The fourth-order valence-electron chi connectivity index (χ4n) is 2.30. The van der Waals surface area contributed by atoms with Crippen LogP contribution in [0.3, 0.4) is 0 Å². The van der Waals surface area contributed by atoms with Gasteiger partial charge in [0.2, 0.25) is 11.7 Å². The first-order valence-electron chi connectivity index (χ1n) is 6.10. The number of nitro groups is 1. The van der Waals surface area contributed by atoms with Crippen molar-refractivity contribution in [3.63, 3.8) is 0 Å². The molecule has 2 rings (SSSR count). The van der Waals surface area contributed by atoms with E-state index in [1.165, 1.54) is 4.90 Å². The molecule has 0 radical (unpaired) electrons. The highest BCUT2D eigenvalue weighted by molar-refractivity contribution is 5.97. The zero-order valence-corrected chi connectivity index (χ0v) is 10.8. The molecular formula is C13H12FN3O3. The number of rotatable bonds is 2. The summed E-state index contributed by atoms with van der Waals surface area (Å²) in [6, 6.07) is 3.99. The Morgan fingerprint density at radius 3 is 2.90 bits per heavy atom. The summed E-state index contributed by atoms with van der Waals surface area (Å²) in [6.07, 6.45) is 0.962. The maximum absolute atomic E-state index is 13.7. The van der Waals surface area contributed by atoms with Crippen LogP contribution in [0.25, 0.3) is 0 Å². The Hall–Kier alpha value is -2.49. The van der Waals surface area contributed by atoms with Gasteiger partial charge in [0.05, 0.1) is 16.7 Å². The second-order valence-electron chi connectivity index (χ2n) is 4.71. The van der Waals surface area contributed by atoms with Crippen molar-refractivity contribution in [2.45, 2.75) is 19.8 Å². The Balaban J connectivity index is 2.61. The average Bonchev–Trinajstić information content (AvgIpc) is 2.50. The first-order chi connectivity index (χ1) is 9.45. The van der Waals surface area contributed by atoms with E-state index < -0.39 is 16.4 Å². The summed E-state index contributed by atoms with van der Waals surface area (Å²) in [5, 5.41) is 19.6. The van der Waals surface area contributed by atoms with Crippen molar-refractivity contribution in [1.82, 2.24) is 0 Å². The molecule has 6 nitrogen and oxygen atoms in total. The number of benzene rings is 1. The van der Waals surface area contributed by atoms with E-state index in [4.69, 9.17) is 5.26 Å². The highest BCUT2D eigenvalue weighted by atomic mass is 19.1. The summed E-state index contributed by atoms with van der Waals surface area (Å²) in [5.74, 6) is -1.50. The Labute approximate surface area is 114 Å².